The fourth-order valence-electron chi connectivity index (χ4n) is 3.06. The SMILES string of the molecule is CCOC(=O)c1c(NC(=O)CSc2nnc(NC(=O)CC(C)C)s2)sc2c1CCC2. The second-order valence-corrected chi connectivity index (χ2v) is 10.4. The van der Waals surface area contributed by atoms with Gasteiger partial charge in [0.2, 0.25) is 16.9 Å². The van der Waals surface area contributed by atoms with Gasteiger partial charge in [-0.1, -0.05) is 36.9 Å². The maximum Gasteiger partial charge on any atom is 0.341 e. The first-order valence-electron chi connectivity index (χ1n) is 9.75. The molecule has 0 unspecified atom stereocenters. The van der Waals surface area contributed by atoms with E-state index in [9.17, 15) is 14.4 Å². The molecule has 2 amide bonds. The predicted molar refractivity (Wildman–Crippen MR) is 120 cm³/mol. The summed E-state index contributed by atoms with van der Waals surface area (Å²) < 4.78 is 5.77. The number of aryl methyl sites for hydroxylation is 1. The lowest BCUT2D eigenvalue weighted by Gasteiger charge is -2.07. The van der Waals surface area contributed by atoms with E-state index in [1.54, 1.807) is 6.92 Å². The Labute approximate surface area is 187 Å². The number of thioether (sulfide) groups is 1. The van der Waals surface area contributed by atoms with Crippen molar-refractivity contribution in [3.63, 3.8) is 0 Å². The van der Waals surface area contributed by atoms with E-state index in [1.165, 1.54) is 34.4 Å². The second kappa shape index (κ2) is 10.4. The van der Waals surface area contributed by atoms with Crippen molar-refractivity contribution in [1.29, 1.82) is 0 Å². The van der Waals surface area contributed by atoms with Crippen LogP contribution in [-0.2, 0) is 27.2 Å². The number of rotatable bonds is 9. The molecule has 2 heterocycles. The summed E-state index contributed by atoms with van der Waals surface area (Å²) in [6.07, 6.45) is 3.19. The van der Waals surface area contributed by atoms with Crippen LogP contribution in [0.3, 0.4) is 0 Å². The summed E-state index contributed by atoms with van der Waals surface area (Å²) in [5, 5.41) is 14.5. The minimum absolute atomic E-state index is 0.104. The maximum absolute atomic E-state index is 12.5. The van der Waals surface area contributed by atoms with Gasteiger partial charge in [-0.2, -0.15) is 0 Å². The van der Waals surface area contributed by atoms with Crippen molar-refractivity contribution in [1.82, 2.24) is 10.2 Å². The van der Waals surface area contributed by atoms with Gasteiger partial charge >= 0.3 is 5.97 Å². The van der Waals surface area contributed by atoms with Crippen molar-refractivity contribution < 1.29 is 19.1 Å². The average Bonchev–Trinajstić information content (AvgIpc) is 3.35. The van der Waals surface area contributed by atoms with Gasteiger partial charge in [-0.15, -0.1) is 21.5 Å². The Morgan fingerprint density at radius 1 is 1.13 bits per heavy atom. The average molecular weight is 469 g/mol. The number of ether oxygens (including phenoxy) is 1. The summed E-state index contributed by atoms with van der Waals surface area (Å²) in [6, 6.07) is 0. The molecule has 0 aliphatic heterocycles. The molecule has 30 heavy (non-hydrogen) atoms. The van der Waals surface area contributed by atoms with E-state index in [4.69, 9.17) is 4.74 Å². The highest BCUT2D eigenvalue weighted by Gasteiger charge is 2.28. The van der Waals surface area contributed by atoms with Crippen LogP contribution in [-0.4, -0.2) is 40.3 Å². The quantitative estimate of drug-likeness (QED) is 0.325. The van der Waals surface area contributed by atoms with Crippen LogP contribution in [0.2, 0.25) is 0 Å². The van der Waals surface area contributed by atoms with Crippen molar-refractivity contribution in [2.75, 3.05) is 23.0 Å². The number of carbonyl (C=O) groups is 3. The minimum Gasteiger partial charge on any atom is -0.462 e. The lowest BCUT2D eigenvalue weighted by Crippen LogP contribution is -2.16. The van der Waals surface area contributed by atoms with Crippen LogP contribution in [0.1, 0.15) is 54.4 Å². The van der Waals surface area contributed by atoms with Gasteiger partial charge in [0.25, 0.3) is 0 Å². The molecule has 0 saturated heterocycles. The zero-order valence-electron chi connectivity index (χ0n) is 17.1. The highest BCUT2D eigenvalue weighted by Crippen LogP contribution is 2.39. The van der Waals surface area contributed by atoms with E-state index in [-0.39, 0.29) is 29.5 Å². The predicted octanol–water partition coefficient (Wildman–Crippen LogP) is 3.98. The number of hydrogen-bond acceptors (Lipinski definition) is 9. The first kappa shape index (κ1) is 22.7. The van der Waals surface area contributed by atoms with Gasteiger partial charge in [-0.05, 0) is 37.7 Å². The Morgan fingerprint density at radius 2 is 1.93 bits per heavy atom. The summed E-state index contributed by atoms with van der Waals surface area (Å²) in [5.41, 5.74) is 1.51. The van der Waals surface area contributed by atoms with Crippen LogP contribution in [0.15, 0.2) is 4.34 Å². The molecular weight excluding hydrogens is 444 g/mol. The molecule has 3 rings (SSSR count). The maximum atomic E-state index is 12.5. The van der Waals surface area contributed by atoms with Crippen LogP contribution in [0.25, 0.3) is 0 Å². The lowest BCUT2D eigenvalue weighted by molar-refractivity contribution is -0.117. The molecule has 2 aromatic rings. The number of thiophene rings is 1. The fourth-order valence-corrected chi connectivity index (χ4v) is 5.92. The van der Waals surface area contributed by atoms with Gasteiger partial charge in [0, 0.05) is 11.3 Å². The molecule has 2 aromatic heterocycles. The topological polar surface area (TPSA) is 110 Å². The molecule has 1 aliphatic rings. The molecule has 0 atom stereocenters. The summed E-state index contributed by atoms with van der Waals surface area (Å²) in [4.78, 5) is 37.8. The molecule has 0 fully saturated rings. The Hall–Kier alpha value is -1.98. The first-order chi connectivity index (χ1) is 14.4. The van der Waals surface area contributed by atoms with E-state index < -0.39 is 0 Å². The summed E-state index contributed by atoms with van der Waals surface area (Å²) in [5.74, 6) is -0.336. The van der Waals surface area contributed by atoms with Crippen LogP contribution < -0.4 is 10.6 Å². The summed E-state index contributed by atoms with van der Waals surface area (Å²) in [7, 11) is 0. The Bertz CT molecular complexity index is 938. The molecule has 162 valence electrons. The molecule has 0 aromatic carbocycles. The molecule has 1 aliphatic carbocycles. The third kappa shape index (κ3) is 5.79. The lowest BCUT2D eigenvalue weighted by atomic mass is 10.1. The molecule has 8 nitrogen and oxygen atoms in total. The number of fused-ring (bicyclic) bond motifs is 1. The van der Waals surface area contributed by atoms with E-state index in [0.717, 1.165) is 29.7 Å². The summed E-state index contributed by atoms with van der Waals surface area (Å²) in [6.45, 7) is 5.99. The molecule has 2 N–H and O–H groups in total. The van der Waals surface area contributed by atoms with Crippen LogP contribution in [0, 0.1) is 5.92 Å². The number of nitrogens with zero attached hydrogens (tertiary/aromatic N) is 2. The number of carbonyl (C=O) groups excluding carboxylic acids is 3. The van der Waals surface area contributed by atoms with E-state index in [0.29, 0.717) is 33.1 Å². The molecule has 0 radical (unpaired) electrons. The van der Waals surface area contributed by atoms with Gasteiger partial charge in [0.15, 0.2) is 4.34 Å². The van der Waals surface area contributed by atoms with E-state index in [2.05, 4.69) is 20.8 Å². The number of aromatic nitrogens is 2. The first-order valence-corrected chi connectivity index (χ1v) is 12.4. The Balaban J connectivity index is 1.57. The molecule has 0 spiro atoms. The fraction of sp³-hybridized carbons (Fsp3) is 0.526. The molecular formula is C19H24N4O4S3. The number of amides is 2. The van der Waals surface area contributed by atoms with Crippen molar-refractivity contribution in [3.8, 4) is 0 Å². The van der Waals surface area contributed by atoms with Crippen LogP contribution >= 0.6 is 34.4 Å². The number of esters is 1. The monoisotopic (exact) mass is 468 g/mol. The third-order valence-electron chi connectivity index (χ3n) is 4.23. The van der Waals surface area contributed by atoms with Gasteiger partial charge in [0.05, 0.1) is 17.9 Å². The van der Waals surface area contributed by atoms with Gasteiger partial charge < -0.3 is 15.4 Å². The van der Waals surface area contributed by atoms with Gasteiger partial charge in [-0.3, -0.25) is 9.59 Å². The van der Waals surface area contributed by atoms with Gasteiger partial charge in [0.1, 0.15) is 5.00 Å². The smallest absolute Gasteiger partial charge is 0.341 e. The molecule has 11 heteroatoms. The number of hydrogen-bond donors (Lipinski definition) is 2. The Kier molecular flexibility index (Phi) is 7.84. The third-order valence-corrected chi connectivity index (χ3v) is 7.41. The van der Waals surface area contributed by atoms with E-state index in [1.807, 2.05) is 13.8 Å². The van der Waals surface area contributed by atoms with Crippen molar-refractivity contribution in [2.24, 2.45) is 5.92 Å². The molecule has 0 saturated carbocycles. The minimum atomic E-state index is -0.384. The standard InChI is InChI=1S/C19H24N4O4S3/c1-4-27-17(26)15-11-6-5-7-12(11)29-16(15)20-14(25)9-28-19-23-22-18(30-19)21-13(24)8-10(2)3/h10H,4-9H2,1-3H3,(H,20,25)(H,21,22,24). The second-order valence-electron chi connectivity index (χ2n) is 7.14. The highest BCUT2D eigenvalue weighted by atomic mass is 32.2. The van der Waals surface area contributed by atoms with Gasteiger partial charge in [-0.25, -0.2) is 4.79 Å². The van der Waals surface area contributed by atoms with E-state index >= 15 is 0 Å². The normalized spacial score (nSPS) is 12.7. The summed E-state index contributed by atoms with van der Waals surface area (Å²) >= 11 is 3.92. The Morgan fingerprint density at radius 3 is 2.67 bits per heavy atom. The van der Waals surface area contributed by atoms with Crippen molar-refractivity contribution >= 4 is 62.4 Å². The van der Waals surface area contributed by atoms with Crippen LogP contribution in [0.4, 0.5) is 10.1 Å². The van der Waals surface area contributed by atoms with Crippen molar-refractivity contribution in [3.05, 3.63) is 16.0 Å². The zero-order valence-corrected chi connectivity index (χ0v) is 19.5. The van der Waals surface area contributed by atoms with Crippen molar-refractivity contribution in [2.45, 2.75) is 50.8 Å². The number of anilines is 2. The van der Waals surface area contributed by atoms with Crippen LogP contribution in [0.5, 0.6) is 0 Å². The largest absolute Gasteiger partial charge is 0.462 e. The molecule has 0 bridgehead atoms. The zero-order chi connectivity index (χ0) is 21.7. The highest BCUT2D eigenvalue weighted by molar-refractivity contribution is 8.01. The number of nitrogens with one attached hydrogen (secondary N) is 2.